The monoisotopic (exact) mass is 243 g/mol. The van der Waals surface area contributed by atoms with Crippen LogP contribution in [-0.2, 0) is 6.54 Å². The smallest absolute Gasteiger partial charge is 0.404 e. The largest absolute Gasteiger partial charge is 0.465 e. The average molecular weight is 244 g/mol. The van der Waals surface area contributed by atoms with Crippen molar-refractivity contribution >= 4 is 17.7 Å². The standard InChI is InChI=1S/C10H14ClN3O2/c11-9-3-2-8(7-14-9)6-12-4-1-5-13-10(15)16/h2-3,7,12-13H,1,4-6H2,(H,15,16). The minimum atomic E-state index is -0.984. The quantitative estimate of drug-likeness (QED) is 0.523. The van der Waals surface area contributed by atoms with E-state index < -0.39 is 6.09 Å². The molecule has 6 heteroatoms. The second-order valence-corrected chi connectivity index (χ2v) is 3.64. The summed E-state index contributed by atoms with van der Waals surface area (Å²) in [7, 11) is 0. The molecule has 16 heavy (non-hydrogen) atoms. The molecule has 0 atom stereocenters. The summed E-state index contributed by atoms with van der Waals surface area (Å²) in [5, 5.41) is 14.3. The molecule has 3 N–H and O–H groups in total. The second-order valence-electron chi connectivity index (χ2n) is 3.25. The van der Waals surface area contributed by atoms with Crippen LogP contribution in [-0.4, -0.2) is 29.3 Å². The molecule has 1 aromatic heterocycles. The van der Waals surface area contributed by atoms with Crippen LogP contribution in [0.1, 0.15) is 12.0 Å². The molecule has 0 saturated heterocycles. The number of halogens is 1. The van der Waals surface area contributed by atoms with E-state index in [9.17, 15) is 4.79 Å². The fraction of sp³-hybridized carbons (Fsp3) is 0.400. The average Bonchev–Trinajstić information content (AvgIpc) is 2.25. The third-order valence-corrected chi connectivity index (χ3v) is 2.15. The first-order valence-electron chi connectivity index (χ1n) is 4.96. The maximum Gasteiger partial charge on any atom is 0.404 e. The minimum absolute atomic E-state index is 0.460. The molecule has 1 rings (SSSR count). The Labute approximate surface area is 98.8 Å². The van der Waals surface area contributed by atoms with Gasteiger partial charge in [0.1, 0.15) is 5.15 Å². The number of amides is 1. The van der Waals surface area contributed by atoms with Gasteiger partial charge in [0, 0.05) is 19.3 Å². The van der Waals surface area contributed by atoms with Crippen molar-refractivity contribution in [1.29, 1.82) is 0 Å². The lowest BCUT2D eigenvalue weighted by Gasteiger charge is -2.04. The number of carbonyl (C=O) groups is 1. The summed E-state index contributed by atoms with van der Waals surface area (Å²) in [4.78, 5) is 14.1. The van der Waals surface area contributed by atoms with Gasteiger partial charge in [-0.2, -0.15) is 0 Å². The predicted octanol–water partition coefficient (Wildman–Crippen LogP) is 1.48. The normalized spacial score (nSPS) is 10.1. The number of nitrogens with one attached hydrogen (secondary N) is 2. The highest BCUT2D eigenvalue weighted by molar-refractivity contribution is 6.29. The van der Waals surface area contributed by atoms with Gasteiger partial charge in [0.05, 0.1) is 0 Å². The van der Waals surface area contributed by atoms with E-state index in [1.807, 2.05) is 6.07 Å². The third-order valence-electron chi connectivity index (χ3n) is 1.92. The molecule has 0 aromatic carbocycles. The van der Waals surface area contributed by atoms with E-state index in [1.165, 1.54) is 0 Å². The van der Waals surface area contributed by atoms with Gasteiger partial charge in [-0.25, -0.2) is 9.78 Å². The highest BCUT2D eigenvalue weighted by atomic mass is 35.5. The van der Waals surface area contributed by atoms with E-state index in [2.05, 4.69) is 15.6 Å². The van der Waals surface area contributed by atoms with Gasteiger partial charge in [0.2, 0.25) is 0 Å². The first-order valence-corrected chi connectivity index (χ1v) is 5.34. The maximum absolute atomic E-state index is 10.1. The fourth-order valence-electron chi connectivity index (χ4n) is 1.15. The van der Waals surface area contributed by atoms with Gasteiger partial charge in [-0.3, -0.25) is 0 Å². The van der Waals surface area contributed by atoms with Crippen molar-refractivity contribution in [2.75, 3.05) is 13.1 Å². The van der Waals surface area contributed by atoms with Crippen molar-refractivity contribution in [3.05, 3.63) is 29.0 Å². The summed E-state index contributed by atoms with van der Waals surface area (Å²) in [6.45, 7) is 1.92. The zero-order valence-electron chi connectivity index (χ0n) is 8.74. The van der Waals surface area contributed by atoms with Gasteiger partial charge < -0.3 is 15.7 Å². The Morgan fingerprint density at radius 3 is 2.88 bits per heavy atom. The topological polar surface area (TPSA) is 74.2 Å². The van der Waals surface area contributed by atoms with Crippen LogP contribution < -0.4 is 10.6 Å². The molecule has 0 aliphatic carbocycles. The maximum atomic E-state index is 10.1. The van der Waals surface area contributed by atoms with Crippen molar-refractivity contribution in [1.82, 2.24) is 15.6 Å². The van der Waals surface area contributed by atoms with Gasteiger partial charge in [0.15, 0.2) is 0 Å². The molecule has 0 spiro atoms. The van der Waals surface area contributed by atoms with Gasteiger partial charge >= 0.3 is 6.09 Å². The predicted molar refractivity (Wildman–Crippen MR) is 61.6 cm³/mol. The second kappa shape index (κ2) is 7.03. The summed E-state index contributed by atoms with van der Waals surface area (Å²) in [5.74, 6) is 0. The van der Waals surface area contributed by atoms with Crippen LogP contribution >= 0.6 is 11.6 Å². The number of rotatable bonds is 6. The van der Waals surface area contributed by atoms with Crippen LogP contribution in [0.25, 0.3) is 0 Å². The Morgan fingerprint density at radius 2 is 2.25 bits per heavy atom. The molecule has 0 unspecified atom stereocenters. The molecule has 1 aromatic rings. The van der Waals surface area contributed by atoms with Gasteiger partial charge in [-0.05, 0) is 24.6 Å². The van der Waals surface area contributed by atoms with Crippen molar-refractivity contribution in [2.45, 2.75) is 13.0 Å². The van der Waals surface area contributed by atoms with Crippen LogP contribution in [0, 0.1) is 0 Å². The molecule has 0 aliphatic heterocycles. The first-order chi connectivity index (χ1) is 7.68. The van der Waals surface area contributed by atoms with Gasteiger partial charge in [-0.15, -0.1) is 0 Å². The van der Waals surface area contributed by atoms with Crippen molar-refractivity contribution in [3.63, 3.8) is 0 Å². The Kier molecular flexibility index (Phi) is 5.60. The van der Waals surface area contributed by atoms with Crippen LogP contribution in [0.3, 0.4) is 0 Å². The zero-order valence-corrected chi connectivity index (χ0v) is 9.50. The zero-order chi connectivity index (χ0) is 11.8. The molecule has 88 valence electrons. The SMILES string of the molecule is O=C(O)NCCCNCc1ccc(Cl)nc1. The summed E-state index contributed by atoms with van der Waals surface area (Å²) in [6.07, 6.45) is 1.49. The molecule has 0 saturated carbocycles. The lowest BCUT2D eigenvalue weighted by atomic mass is 10.3. The molecule has 0 aliphatic rings. The Morgan fingerprint density at radius 1 is 1.44 bits per heavy atom. The highest BCUT2D eigenvalue weighted by Gasteiger charge is 1.95. The van der Waals surface area contributed by atoms with Crippen LogP contribution in [0.15, 0.2) is 18.3 Å². The van der Waals surface area contributed by atoms with E-state index in [-0.39, 0.29) is 0 Å². The minimum Gasteiger partial charge on any atom is -0.465 e. The number of nitrogens with zero attached hydrogens (tertiary/aromatic N) is 1. The molecule has 5 nitrogen and oxygen atoms in total. The number of pyridine rings is 1. The molecule has 0 bridgehead atoms. The van der Waals surface area contributed by atoms with E-state index >= 15 is 0 Å². The van der Waals surface area contributed by atoms with E-state index in [4.69, 9.17) is 16.7 Å². The van der Waals surface area contributed by atoms with Crippen LogP contribution in [0.2, 0.25) is 5.15 Å². The Hall–Kier alpha value is -1.33. The summed E-state index contributed by atoms with van der Waals surface area (Å²) in [5.41, 5.74) is 1.05. The fourth-order valence-corrected chi connectivity index (χ4v) is 1.26. The van der Waals surface area contributed by atoms with Crippen LogP contribution in [0.4, 0.5) is 4.79 Å². The number of carboxylic acid groups (broad SMARTS) is 1. The van der Waals surface area contributed by atoms with Crippen molar-refractivity contribution in [2.24, 2.45) is 0 Å². The first kappa shape index (κ1) is 12.7. The molecular weight excluding hydrogens is 230 g/mol. The molecule has 0 fully saturated rings. The van der Waals surface area contributed by atoms with Crippen molar-refractivity contribution in [3.8, 4) is 0 Å². The third kappa shape index (κ3) is 5.53. The lowest BCUT2D eigenvalue weighted by Crippen LogP contribution is -2.25. The molecule has 1 amide bonds. The molecule has 0 radical (unpaired) electrons. The molecule has 1 heterocycles. The summed E-state index contributed by atoms with van der Waals surface area (Å²) < 4.78 is 0. The van der Waals surface area contributed by atoms with E-state index in [0.29, 0.717) is 18.2 Å². The number of aromatic nitrogens is 1. The molecular formula is C10H14ClN3O2. The summed E-state index contributed by atoms with van der Waals surface area (Å²) >= 11 is 5.65. The lowest BCUT2D eigenvalue weighted by molar-refractivity contribution is 0.194. The highest BCUT2D eigenvalue weighted by Crippen LogP contribution is 2.04. The number of hydrogen-bond acceptors (Lipinski definition) is 3. The Balaban J connectivity index is 2.07. The van der Waals surface area contributed by atoms with Gasteiger partial charge in [-0.1, -0.05) is 17.7 Å². The van der Waals surface area contributed by atoms with E-state index in [0.717, 1.165) is 18.5 Å². The van der Waals surface area contributed by atoms with Gasteiger partial charge in [0.25, 0.3) is 0 Å². The van der Waals surface area contributed by atoms with Crippen LogP contribution in [0.5, 0.6) is 0 Å². The Bertz CT molecular complexity index is 329. The van der Waals surface area contributed by atoms with E-state index in [1.54, 1.807) is 12.3 Å². The number of hydrogen-bond donors (Lipinski definition) is 3. The van der Waals surface area contributed by atoms with Crippen molar-refractivity contribution < 1.29 is 9.90 Å². The summed E-state index contributed by atoms with van der Waals surface area (Å²) in [6, 6.07) is 3.64.